The van der Waals surface area contributed by atoms with Crippen molar-refractivity contribution in [3.05, 3.63) is 131 Å². The number of hydrogen-bond donors (Lipinski definition) is 3. The van der Waals surface area contributed by atoms with E-state index in [-0.39, 0.29) is 5.56 Å². The molecule has 8 nitrogen and oxygen atoms in total. The molecule has 3 N–H and O–H groups in total. The van der Waals surface area contributed by atoms with Crippen LogP contribution in [0.15, 0.2) is 97.1 Å². The van der Waals surface area contributed by atoms with Gasteiger partial charge in [-0.25, -0.2) is 14.0 Å². The number of carboxylic acids is 3. The number of carbonyl (C=O) groups excluding carboxylic acids is 1. The topological polar surface area (TPSA) is 132 Å². The lowest BCUT2D eigenvalue weighted by Crippen LogP contribution is -2.45. The number of aryl methyl sites for hydroxylation is 1. The molecule has 0 aliphatic rings. The number of aromatic carboxylic acids is 2. The molecule has 43 heavy (non-hydrogen) atoms. The molecule has 0 saturated heterocycles. The van der Waals surface area contributed by atoms with Gasteiger partial charge in [0.05, 0.1) is 11.1 Å². The van der Waals surface area contributed by atoms with Crippen molar-refractivity contribution in [2.24, 2.45) is 0 Å². The monoisotopic (exact) mass is 583 g/mol. The predicted octanol–water partition coefficient (Wildman–Crippen LogP) is 6.22. The molecule has 0 spiro atoms. The number of carbonyl (C=O) groups is 4. The molecule has 220 valence electrons. The van der Waals surface area contributed by atoms with Crippen LogP contribution in [0.2, 0.25) is 0 Å². The molecule has 0 aliphatic carbocycles. The van der Waals surface area contributed by atoms with Crippen molar-refractivity contribution in [2.45, 2.75) is 31.7 Å². The minimum absolute atomic E-state index is 0.280. The van der Waals surface area contributed by atoms with Crippen molar-refractivity contribution >= 4 is 23.8 Å². The van der Waals surface area contributed by atoms with Gasteiger partial charge in [-0.05, 0) is 60.7 Å². The smallest absolute Gasteiger partial charge is 0.335 e. The molecule has 4 rings (SSSR count). The van der Waals surface area contributed by atoms with Crippen molar-refractivity contribution in [1.82, 2.24) is 4.90 Å². The molecule has 0 fully saturated rings. The quantitative estimate of drug-likeness (QED) is 0.180. The molecule has 2 atom stereocenters. The molecular formula is C34H30FNO7. The van der Waals surface area contributed by atoms with Crippen molar-refractivity contribution in [3.8, 4) is 11.1 Å². The lowest BCUT2D eigenvalue weighted by molar-refractivity contribution is -0.138. The molecule has 0 aromatic heterocycles. The van der Waals surface area contributed by atoms with Crippen LogP contribution in [0.25, 0.3) is 11.1 Å². The second-order valence-corrected chi connectivity index (χ2v) is 10.2. The normalized spacial score (nSPS) is 12.2. The summed E-state index contributed by atoms with van der Waals surface area (Å²) in [6, 6.07) is 25.5. The number of nitrogens with zero attached hydrogens (tertiary/aromatic N) is 1. The van der Waals surface area contributed by atoms with E-state index in [1.54, 1.807) is 43.3 Å². The van der Waals surface area contributed by atoms with Crippen molar-refractivity contribution in [3.63, 3.8) is 0 Å². The first-order chi connectivity index (χ1) is 20.5. The Morgan fingerprint density at radius 3 is 1.84 bits per heavy atom. The van der Waals surface area contributed by atoms with Crippen LogP contribution in [0.1, 0.15) is 61.5 Å². The van der Waals surface area contributed by atoms with Crippen LogP contribution in [-0.4, -0.2) is 56.6 Å². The predicted molar refractivity (Wildman–Crippen MR) is 158 cm³/mol. The van der Waals surface area contributed by atoms with Crippen LogP contribution in [-0.2, 0) is 11.2 Å². The number of amides is 1. The fraction of sp³-hybridized carbons (Fsp3) is 0.176. The Bertz CT molecular complexity index is 1610. The average Bonchev–Trinajstić information content (AvgIpc) is 3.00. The zero-order valence-electron chi connectivity index (χ0n) is 23.3. The second-order valence-electron chi connectivity index (χ2n) is 10.2. The number of aliphatic carboxylic acids is 1. The molecule has 2 unspecified atom stereocenters. The maximum atomic E-state index is 15.5. The third kappa shape index (κ3) is 7.51. The van der Waals surface area contributed by atoms with Gasteiger partial charge in [0.25, 0.3) is 5.91 Å². The van der Waals surface area contributed by atoms with E-state index in [2.05, 4.69) is 0 Å². The molecular weight excluding hydrogens is 553 g/mol. The van der Waals surface area contributed by atoms with Gasteiger partial charge in [-0.3, -0.25) is 9.59 Å². The Balaban J connectivity index is 1.76. The summed E-state index contributed by atoms with van der Waals surface area (Å²) in [5.41, 5.74) is 1.50. The van der Waals surface area contributed by atoms with Crippen LogP contribution < -0.4 is 0 Å². The van der Waals surface area contributed by atoms with Crippen LogP contribution >= 0.6 is 0 Å². The van der Waals surface area contributed by atoms with E-state index in [1.807, 2.05) is 36.4 Å². The van der Waals surface area contributed by atoms with Crippen LogP contribution in [0.5, 0.6) is 0 Å². The van der Waals surface area contributed by atoms with E-state index in [1.165, 1.54) is 6.07 Å². The Morgan fingerprint density at radius 1 is 0.744 bits per heavy atom. The zero-order valence-corrected chi connectivity index (χ0v) is 23.3. The Hall–Kier alpha value is -5.31. The number of halogens is 1. The molecule has 0 heterocycles. The largest absolute Gasteiger partial charge is 0.480 e. The molecule has 0 bridgehead atoms. The summed E-state index contributed by atoms with van der Waals surface area (Å²) in [6.07, 6.45) is 0.971. The first-order valence-corrected chi connectivity index (χ1v) is 13.6. The minimum Gasteiger partial charge on any atom is -0.480 e. The highest BCUT2D eigenvalue weighted by Gasteiger charge is 2.32. The Kier molecular flexibility index (Phi) is 9.67. The fourth-order valence-corrected chi connectivity index (χ4v) is 5.19. The molecule has 0 radical (unpaired) electrons. The van der Waals surface area contributed by atoms with Gasteiger partial charge in [0.15, 0.2) is 0 Å². The first kappa shape index (κ1) is 30.6. The van der Waals surface area contributed by atoms with Gasteiger partial charge in [-0.1, -0.05) is 72.8 Å². The van der Waals surface area contributed by atoms with Gasteiger partial charge in [0.1, 0.15) is 12.4 Å². The third-order valence-electron chi connectivity index (χ3n) is 7.41. The Labute approximate surface area is 247 Å². The highest BCUT2D eigenvalue weighted by Crippen LogP contribution is 2.33. The summed E-state index contributed by atoms with van der Waals surface area (Å²) in [5, 5.41) is 28.7. The minimum atomic E-state index is -1.44. The fourth-order valence-electron chi connectivity index (χ4n) is 5.19. The third-order valence-corrected chi connectivity index (χ3v) is 7.41. The number of benzene rings is 4. The van der Waals surface area contributed by atoms with E-state index < -0.39 is 59.3 Å². The van der Waals surface area contributed by atoms with Crippen LogP contribution in [0.3, 0.4) is 0 Å². The number of carboxylic acid groups (broad SMARTS) is 3. The second kappa shape index (κ2) is 13.6. The summed E-state index contributed by atoms with van der Waals surface area (Å²) < 4.78 is 15.5. The SMILES string of the molecule is CC(C(CCc1ccccc1)c1ccc(-c2ccccc2)c(F)c1)N(CC(=O)O)C(=O)c1cc(C(=O)O)cc(C(=O)O)c1. The summed E-state index contributed by atoms with van der Waals surface area (Å²) in [4.78, 5) is 50.1. The zero-order chi connectivity index (χ0) is 31.1. The van der Waals surface area contributed by atoms with E-state index in [9.17, 15) is 34.5 Å². The van der Waals surface area contributed by atoms with E-state index in [0.29, 0.717) is 29.5 Å². The molecule has 4 aromatic rings. The van der Waals surface area contributed by atoms with Gasteiger partial charge >= 0.3 is 17.9 Å². The maximum absolute atomic E-state index is 15.5. The highest BCUT2D eigenvalue weighted by molar-refractivity contribution is 6.02. The highest BCUT2D eigenvalue weighted by atomic mass is 19.1. The van der Waals surface area contributed by atoms with Crippen molar-refractivity contribution < 1.29 is 38.9 Å². The number of rotatable bonds is 12. The van der Waals surface area contributed by atoms with E-state index in [0.717, 1.165) is 28.7 Å². The van der Waals surface area contributed by atoms with Crippen LogP contribution in [0.4, 0.5) is 4.39 Å². The summed E-state index contributed by atoms with van der Waals surface area (Å²) in [6.45, 7) is 0.908. The van der Waals surface area contributed by atoms with Gasteiger partial charge < -0.3 is 20.2 Å². The summed E-state index contributed by atoms with van der Waals surface area (Å²) in [7, 11) is 0. The van der Waals surface area contributed by atoms with Gasteiger partial charge in [0.2, 0.25) is 0 Å². The maximum Gasteiger partial charge on any atom is 0.335 e. The van der Waals surface area contributed by atoms with E-state index in [4.69, 9.17) is 0 Å². The Morgan fingerprint density at radius 2 is 1.30 bits per heavy atom. The van der Waals surface area contributed by atoms with Crippen molar-refractivity contribution in [1.29, 1.82) is 0 Å². The van der Waals surface area contributed by atoms with Crippen LogP contribution in [0, 0.1) is 5.82 Å². The lowest BCUT2D eigenvalue weighted by Gasteiger charge is -2.35. The first-order valence-electron chi connectivity index (χ1n) is 13.6. The van der Waals surface area contributed by atoms with E-state index >= 15 is 4.39 Å². The van der Waals surface area contributed by atoms with Crippen molar-refractivity contribution in [2.75, 3.05) is 6.54 Å². The standard InChI is InChI=1S/C34H30FNO7/c1-21(36(20-31(37)38)32(39)25-16-26(33(40)41)18-27(17-25)34(42)43)28(14-12-22-8-4-2-5-9-22)24-13-15-29(30(35)19-24)23-10-6-3-7-11-23/h2-11,13,15-19,21,28H,12,14,20H2,1H3,(H,37,38)(H,40,41)(H,42,43). The summed E-state index contributed by atoms with van der Waals surface area (Å²) >= 11 is 0. The average molecular weight is 584 g/mol. The van der Waals surface area contributed by atoms with Gasteiger partial charge in [-0.15, -0.1) is 0 Å². The number of hydrogen-bond acceptors (Lipinski definition) is 4. The van der Waals surface area contributed by atoms with Gasteiger partial charge in [0, 0.05) is 23.1 Å². The lowest BCUT2D eigenvalue weighted by atomic mass is 9.85. The molecule has 0 aliphatic heterocycles. The summed E-state index contributed by atoms with van der Waals surface area (Å²) in [5.74, 6) is -6.07. The molecule has 4 aromatic carbocycles. The molecule has 9 heteroatoms. The molecule has 0 saturated carbocycles. The van der Waals surface area contributed by atoms with Gasteiger partial charge in [-0.2, -0.15) is 0 Å². The molecule has 1 amide bonds.